The molecule has 0 spiro atoms. The zero-order chi connectivity index (χ0) is 12.3. The molecule has 1 atom stereocenters. The van der Waals surface area contributed by atoms with Crippen LogP contribution in [0.15, 0.2) is 0 Å². The maximum absolute atomic E-state index is 11.7. The summed E-state index contributed by atoms with van der Waals surface area (Å²) in [6.07, 6.45) is 1.12. The van der Waals surface area contributed by atoms with Gasteiger partial charge in [0.2, 0.25) is 0 Å². The first kappa shape index (κ1) is 14.4. The third kappa shape index (κ3) is 4.20. The number of hydrogen-bond acceptors (Lipinski definition) is 3. The van der Waals surface area contributed by atoms with E-state index < -0.39 is 17.1 Å². The fraction of sp³-hybridized carbons (Fsp3) is 0.917. The molecule has 1 unspecified atom stereocenters. The Bertz CT molecular complexity index is 211. The number of carbonyl (C=O) groups is 1. The minimum absolute atomic E-state index is 0.325. The zero-order valence-corrected chi connectivity index (χ0v) is 10.8. The van der Waals surface area contributed by atoms with Crippen LogP contribution < -0.4 is 0 Å². The Morgan fingerprint density at radius 3 is 1.93 bits per heavy atom. The molecule has 0 fully saturated rings. The molecule has 0 saturated heterocycles. The Balaban J connectivity index is 4.57. The zero-order valence-electron chi connectivity index (χ0n) is 10.8. The number of carbonyl (C=O) groups excluding carboxylic acids is 1. The molecule has 0 saturated carbocycles. The molecule has 1 N–H and O–H groups in total. The molecule has 0 aromatic rings. The lowest BCUT2D eigenvalue weighted by Crippen LogP contribution is -2.42. The highest BCUT2D eigenvalue weighted by Gasteiger charge is 2.37. The van der Waals surface area contributed by atoms with E-state index in [1.54, 1.807) is 6.92 Å². The number of aliphatic hydroxyl groups is 1. The molecule has 90 valence electrons. The van der Waals surface area contributed by atoms with Crippen LogP contribution in [0.1, 0.15) is 54.4 Å². The van der Waals surface area contributed by atoms with Crippen LogP contribution in [0.4, 0.5) is 0 Å². The molecule has 3 nitrogen and oxygen atoms in total. The first-order valence-corrected chi connectivity index (χ1v) is 5.61. The van der Waals surface area contributed by atoms with Gasteiger partial charge in [-0.2, -0.15) is 0 Å². The first-order chi connectivity index (χ1) is 6.66. The van der Waals surface area contributed by atoms with Gasteiger partial charge in [0.25, 0.3) is 0 Å². The molecule has 0 aromatic carbocycles. The van der Waals surface area contributed by atoms with Crippen molar-refractivity contribution in [1.29, 1.82) is 0 Å². The lowest BCUT2D eigenvalue weighted by molar-refractivity contribution is -0.169. The van der Waals surface area contributed by atoms with Crippen molar-refractivity contribution in [3.63, 3.8) is 0 Å². The molecule has 0 amide bonds. The molecular formula is C12H24O3. The molecular weight excluding hydrogens is 192 g/mol. The summed E-state index contributed by atoms with van der Waals surface area (Å²) < 4.78 is 5.25. The molecule has 0 bridgehead atoms. The van der Waals surface area contributed by atoms with E-state index in [9.17, 15) is 9.90 Å². The van der Waals surface area contributed by atoms with Gasteiger partial charge in [0.1, 0.15) is 5.60 Å². The highest BCUT2D eigenvalue weighted by molar-refractivity contribution is 5.73. The van der Waals surface area contributed by atoms with Crippen molar-refractivity contribution in [2.45, 2.75) is 65.6 Å². The van der Waals surface area contributed by atoms with Crippen molar-refractivity contribution in [3.05, 3.63) is 0 Å². The van der Waals surface area contributed by atoms with E-state index >= 15 is 0 Å². The summed E-state index contributed by atoms with van der Waals surface area (Å²) in [6, 6.07) is 0. The van der Waals surface area contributed by atoms with Crippen molar-refractivity contribution in [2.24, 2.45) is 5.92 Å². The number of rotatable bonds is 4. The van der Waals surface area contributed by atoms with Gasteiger partial charge in [0.15, 0.2) is 0 Å². The smallest absolute Gasteiger partial charge is 0.312 e. The van der Waals surface area contributed by atoms with Gasteiger partial charge >= 0.3 is 5.97 Å². The van der Waals surface area contributed by atoms with Gasteiger partial charge < -0.3 is 9.84 Å². The molecule has 0 aromatic heterocycles. The highest BCUT2D eigenvalue weighted by atomic mass is 16.6. The summed E-state index contributed by atoms with van der Waals surface area (Å²) in [5.74, 6) is -0.805. The summed E-state index contributed by atoms with van der Waals surface area (Å²) >= 11 is 0. The predicted molar refractivity (Wildman–Crippen MR) is 60.5 cm³/mol. The quantitative estimate of drug-likeness (QED) is 0.734. The SMILES string of the molecule is CCC(O)(CC)C(C)C(=O)OC(C)(C)C. The Hall–Kier alpha value is -0.570. The topological polar surface area (TPSA) is 46.5 Å². The van der Waals surface area contributed by atoms with E-state index in [4.69, 9.17) is 4.74 Å². The molecule has 0 heterocycles. The second-order valence-electron chi connectivity index (χ2n) is 5.07. The summed E-state index contributed by atoms with van der Waals surface area (Å²) in [5.41, 5.74) is -1.43. The molecule has 0 radical (unpaired) electrons. The summed E-state index contributed by atoms with van der Waals surface area (Å²) in [7, 11) is 0. The van der Waals surface area contributed by atoms with Crippen LogP contribution in [-0.2, 0) is 9.53 Å². The molecule has 15 heavy (non-hydrogen) atoms. The van der Waals surface area contributed by atoms with Gasteiger partial charge in [-0.3, -0.25) is 4.79 Å². The summed E-state index contributed by atoms with van der Waals surface area (Å²) in [5, 5.41) is 10.2. The molecule has 0 rings (SSSR count). The monoisotopic (exact) mass is 216 g/mol. The van der Waals surface area contributed by atoms with Crippen molar-refractivity contribution in [2.75, 3.05) is 0 Å². The van der Waals surface area contributed by atoms with Gasteiger partial charge in [0, 0.05) is 0 Å². The van der Waals surface area contributed by atoms with Crippen LogP contribution in [0.25, 0.3) is 0 Å². The van der Waals surface area contributed by atoms with Gasteiger partial charge in [0.05, 0.1) is 11.5 Å². The third-order valence-corrected chi connectivity index (χ3v) is 2.79. The van der Waals surface area contributed by atoms with Crippen LogP contribution in [-0.4, -0.2) is 22.3 Å². The van der Waals surface area contributed by atoms with Crippen LogP contribution in [0, 0.1) is 5.92 Å². The highest BCUT2D eigenvalue weighted by Crippen LogP contribution is 2.27. The lowest BCUT2D eigenvalue weighted by atomic mass is 9.84. The fourth-order valence-electron chi connectivity index (χ4n) is 1.47. The maximum Gasteiger partial charge on any atom is 0.312 e. The summed E-state index contributed by atoms with van der Waals surface area (Å²) in [4.78, 5) is 11.7. The second kappa shape index (κ2) is 4.97. The van der Waals surface area contributed by atoms with E-state index in [1.807, 2.05) is 34.6 Å². The van der Waals surface area contributed by atoms with Gasteiger partial charge in [-0.25, -0.2) is 0 Å². The predicted octanol–water partition coefficient (Wildman–Crippen LogP) is 2.52. The first-order valence-electron chi connectivity index (χ1n) is 5.61. The van der Waals surface area contributed by atoms with Crippen molar-refractivity contribution < 1.29 is 14.6 Å². The summed E-state index contributed by atoms with van der Waals surface area (Å²) in [6.45, 7) is 11.0. The van der Waals surface area contributed by atoms with E-state index in [0.29, 0.717) is 12.8 Å². The van der Waals surface area contributed by atoms with Crippen molar-refractivity contribution >= 4 is 5.97 Å². The second-order valence-corrected chi connectivity index (χ2v) is 5.07. The lowest BCUT2D eigenvalue weighted by Gasteiger charge is -2.32. The molecule has 3 heteroatoms. The van der Waals surface area contributed by atoms with E-state index in [2.05, 4.69) is 0 Å². The fourth-order valence-corrected chi connectivity index (χ4v) is 1.47. The van der Waals surface area contributed by atoms with E-state index in [-0.39, 0.29) is 5.97 Å². The van der Waals surface area contributed by atoms with Gasteiger partial charge in [-0.05, 0) is 40.5 Å². The molecule has 0 aliphatic rings. The van der Waals surface area contributed by atoms with Gasteiger partial charge in [-0.1, -0.05) is 13.8 Å². The standard InChI is InChI=1S/C12H24O3/c1-7-12(14,8-2)9(3)10(13)15-11(4,5)6/h9,14H,7-8H2,1-6H3. The minimum atomic E-state index is -0.942. The molecule has 0 aliphatic heterocycles. The van der Waals surface area contributed by atoms with Crippen molar-refractivity contribution in [1.82, 2.24) is 0 Å². The van der Waals surface area contributed by atoms with Crippen LogP contribution in [0.3, 0.4) is 0 Å². The Morgan fingerprint density at radius 1 is 1.27 bits per heavy atom. The normalized spacial score (nSPS) is 14.9. The largest absolute Gasteiger partial charge is 0.460 e. The number of esters is 1. The average Bonchev–Trinajstić information content (AvgIpc) is 2.12. The van der Waals surface area contributed by atoms with Crippen LogP contribution in [0.2, 0.25) is 0 Å². The number of hydrogen-bond donors (Lipinski definition) is 1. The third-order valence-electron chi connectivity index (χ3n) is 2.79. The Morgan fingerprint density at radius 2 is 1.67 bits per heavy atom. The minimum Gasteiger partial charge on any atom is -0.460 e. The van der Waals surface area contributed by atoms with Crippen LogP contribution in [0.5, 0.6) is 0 Å². The number of ether oxygens (including phenoxy) is 1. The van der Waals surface area contributed by atoms with E-state index in [0.717, 1.165) is 0 Å². The van der Waals surface area contributed by atoms with E-state index in [1.165, 1.54) is 0 Å². The molecule has 0 aliphatic carbocycles. The average molecular weight is 216 g/mol. The Kier molecular flexibility index (Phi) is 4.78. The van der Waals surface area contributed by atoms with Crippen LogP contribution >= 0.6 is 0 Å². The maximum atomic E-state index is 11.7. The van der Waals surface area contributed by atoms with Gasteiger partial charge in [-0.15, -0.1) is 0 Å². The van der Waals surface area contributed by atoms with Crippen molar-refractivity contribution in [3.8, 4) is 0 Å². The Labute approximate surface area is 92.8 Å².